The van der Waals surface area contributed by atoms with Gasteiger partial charge in [-0.1, -0.05) is 25.1 Å². The standard InChI is InChI=1S/C27H33N5O4S/c1-19-15-18-32(27(19,2)3)25-22(7-6-16-29-25)26(33)31-37(34,35)24-9-5-8-23(30-24)28-17-14-20-10-12-21(36-4)13-11-20/h5-13,16,19H,14-15,17-18H2,1-4H3,(H,28,30)(H,31,33). The van der Waals surface area contributed by atoms with Crippen LogP contribution in [0.3, 0.4) is 0 Å². The van der Waals surface area contributed by atoms with Crippen LogP contribution in [0.5, 0.6) is 5.75 Å². The number of rotatable bonds is 9. The number of methoxy groups -OCH3 is 1. The Kier molecular flexibility index (Phi) is 7.68. The number of pyridine rings is 2. The van der Waals surface area contributed by atoms with E-state index in [-0.39, 0.29) is 16.1 Å². The third-order valence-corrected chi connectivity index (χ3v) is 8.31. The van der Waals surface area contributed by atoms with Crippen molar-refractivity contribution in [3.05, 3.63) is 71.9 Å². The Morgan fingerprint density at radius 1 is 1.14 bits per heavy atom. The first kappa shape index (κ1) is 26.4. The SMILES string of the molecule is COc1ccc(CCNc2cccc(S(=O)(=O)NC(=O)c3cccnc3N3CCC(C)C3(C)C)n2)cc1. The van der Waals surface area contributed by atoms with Crippen LogP contribution in [0.15, 0.2) is 65.8 Å². The molecule has 0 spiro atoms. The number of carbonyl (C=O) groups excluding carboxylic acids is 1. The van der Waals surface area contributed by atoms with Gasteiger partial charge in [-0.2, -0.15) is 8.42 Å². The molecule has 1 aliphatic heterocycles. The maximum absolute atomic E-state index is 13.2. The van der Waals surface area contributed by atoms with Gasteiger partial charge in [0.15, 0.2) is 5.03 Å². The van der Waals surface area contributed by atoms with Gasteiger partial charge < -0.3 is 15.0 Å². The predicted octanol–water partition coefficient (Wildman–Crippen LogP) is 3.88. The highest BCUT2D eigenvalue weighted by atomic mass is 32.2. The molecule has 37 heavy (non-hydrogen) atoms. The number of ether oxygens (including phenoxy) is 1. The molecule has 1 aliphatic rings. The second-order valence-electron chi connectivity index (χ2n) is 9.69. The largest absolute Gasteiger partial charge is 0.497 e. The minimum Gasteiger partial charge on any atom is -0.497 e. The van der Waals surface area contributed by atoms with Gasteiger partial charge in [0.05, 0.1) is 12.7 Å². The zero-order chi connectivity index (χ0) is 26.6. The molecule has 9 nitrogen and oxygen atoms in total. The van der Waals surface area contributed by atoms with Crippen molar-refractivity contribution in [1.82, 2.24) is 14.7 Å². The van der Waals surface area contributed by atoms with E-state index in [0.29, 0.717) is 30.5 Å². The number of amides is 1. The molecule has 4 rings (SSSR count). The van der Waals surface area contributed by atoms with Crippen LogP contribution in [0.4, 0.5) is 11.6 Å². The number of anilines is 2. The number of nitrogens with zero attached hydrogens (tertiary/aromatic N) is 3. The number of sulfonamides is 1. The molecule has 0 saturated carbocycles. The van der Waals surface area contributed by atoms with Crippen LogP contribution in [-0.2, 0) is 16.4 Å². The summed E-state index contributed by atoms with van der Waals surface area (Å²) in [5.74, 6) is 1.33. The van der Waals surface area contributed by atoms with E-state index in [9.17, 15) is 13.2 Å². The molecule has 0 aliphatic carbocycles. The Hall–Kier alpha value is -3.66. The molecule has 1 fully saturated rings. The van der Waals surface area contributed by atoms with Crippen molar-refractivity contribution in [1.29, 1.82) is 0 Å². The molecule has 0 radical (unpaired) electrons. The molecule has 3 aromatic rings. The van der Waals surface area contributed by atoms with Gasteiger partial charge in [0.2, 0.25) is 0 Å². The number of benzene rings is 1. The highest BCUT2D eigenvalue weighted by Crippen LogP contribution is 2.38. The van der Waals surface area contributed by atoms with E-state index in [1.165, 1.54) is 6.07 Å². The third-order valence-electron chi connectivity index (χ3n) is 7.08. The highest BCUT2D eigenvalue weighted by molar-refractivity contribution is 7.90. The summed E-state index contributed by atoms with van der Waals surface area (Å²) in [6, 6.07) is 15.6. The molecule has 1 saturated heterocycles. The summed E-state index contributed by atoms with van der Waals surface area (Å²) < 4.78 is 33.5. The molecule has 1 amide bonds. The Morgan fingerprint density at radius 3 is 2.57 bits per heavy atom. The lowest BCUT2D eigenvalue weighted by atomic mass is 9.90. The van der Waals surface area contributed by atoms with Gasteiger partial charge in [-0.05, 0) is 74.6 Å². The fraction of sp³-hybridized carbons (Fsp3) is 0.370. The zero-order valence-corrected chi connectivity index (χ0v) is 22.4. The summed E-state index contributed by atoms with van der Waals surface area (Å²) in [4.78, 5) is 23.9. The fourth-order valence-corrected chi connectivity index (χ4v) is 5.35. The van der Waals surface area contributed by atoms with Crippen molar-refractivity contribution in [3.63, 3.8) is 0 Å². The van der Waals surface area contributed by atoms with Crippen molar-refractivity contribution in [2.24, 2.45) is 5.92 Å². The highest BCUT2D eigenvalue weighted by Gasteiger charge is 2.40. The van der Waals surface area contributed by atoms with Gasteiger partial charge in [-0.25, -0.2) is 14.7 Å². The van der Waals surface area contributed by atoms with E-state index in [1.807, 2.05) is 24.3 Å². The monoisotopic (exact) mass is 523 g/mol. The molecule has 0 bridgehead atoms. The minimum atomic E-state index is -4.21. The molecule has 1 unspecified atom stereocenters. The first-order valence-electron chi connectivity index (χ1n) is 12.3. The van der Waals surface area contributed by atoms with Crippen molar-refractivity contribution in [2.45, 2.75) is 44.2 Å². The van der Waals surface area contributed by atoms with Gasteiger partial charge in [-0.15, -0.1) is 0 Å². The first-order chi connectivity index (χ1) is 17.6. The summed E-state index contributed by atoms with van der Waals surface area (Å²) in [7, 11) is -2.58. The Bertz CT molecular complexity index is 1360. The summed E-state index contributed by atoms with van der Waals surface area (Å²) >= 11 is 0. The molecule has 3 heterocycles. The van der Waals surface area contributed by atoms with Crippen LogP contribution in [-0.4, -0.2) is 50.0 Å². The lowest BCUT2D eigenvalue weighted by Gasteiger charge is -2.36. The van der Waals surface area contributed by atoms with Crippen LogP contribution >= 0.6 is 0 Å². The zero-order valence-electron chi connectivity index (χ0n) is 21.6. The van der Waals surface area contributed by atoms with Gasteiger partial charge in [0.1, 0.15) is 17.4 Å². The molecule has 2 aromatic heterocycles. The smallest absolute Gasteiger partial charge is 0.281 e. The Labute approximate surface area is 218 Å². The molecule has 1 atom stereocenters. The van der Waals surface area contributed by atoms with Crippen molar-refractivity contribution in [2.75, 3.05) is 30.4 Å². The van der Waals surface area contributed by atoms with Crippen molar-refractivity contribution in [3.8, 4) is 5.75 Å². The lowest BCUT2D eigenvalue weighted by molar-refractivity contribution is 0.0981. The number of hydrogen-bond acceptors (Lipinski definition) is 8. The van der Waals surface area contributed by atoms with Crippen molar-refractivity contribution < 1.29 is 17.9 Å². The predicted molar refractivity (Wildman–Crippen MR) is 144 cm³/mol. The Morgan fingerprint density at radius 2 is 1.89 bits per heavy atom. The van der Waals surface area contributed by atoms with Crippen LogP contribution in [0.2, 0.25) is 0 Å². The molecule has 196 valence electrons. The van der Waals surface area contributed by atoms with E-state index in [4.69, 9.17) is 4.74 Å². The van der Waals surface area contributed by atoms with Crippen LogP contribution in [0, 0.1) is 5.92 Å². The summed E-state index contributed by atoms with van der Waals surface area (Å²) in [5, 5.41) is 2.90. The first-order valence-corrected chi connectivity index (χ1v) is 13.7. The third kappa shape index (κ3) is 5.85. The number of carbonyl (C=O) groups is 1. The summed E-state index contributed by atoms with van der Waals surface area (Å²) in [6.07, 6.45) is 3.29. The number of nitrogens with one attached hydrogen (secondary N) is 2. The maximum atomic E-state index is 13.2. The molecule has 1 aromatic carbocycles. The lowest BCUT2D eigenvalue weighted by Crippen LogP contribution is -2.43. The summed E-state index contributed by atoms with van der Waals surface area (Å²) in [5.41, 5.74) is 1.10. The fourth-order valence-electron chi connectivity index (χ4n) is 4.42. The average Bonchev–Trinajstić information content (AvgIpc) is 3.16. The molecular formula is C27H33N5O4S. The van der Waals surface area contributed by atoms with E-state index in [0.717, 1.165) is 24.3 Å². The van der Waals surface area contributed by atoms with E-state index < -0.39 is 15.9 Å². The quantitative estimate of drug-likeness (QED) is 0.434. The van der Waals surface area contributed by atoms with Gasteiger partial charge in [0.25, 0.3) is 15.9 Å². The van der Waals surface area contributed by atoms with Crippen LogP contribution < -0.4 is 19.7 Å². The second-order valence-corrected chi connectivity index (χ2v) is 11.3. The number of hydrogen-bond donors (Lipinski definition) is 2. The molecule has 10 heteroatoms. The van der Waals surface area contributed by atoms with E-state index >= 15 is 0 Å². The van der Waals surface area contributed by atoms with Crippen molar-refractivity contribution >= 4 is 27.6 Å². The maximum Gasteiger partial charge on any atom is 0.281 e. The van der Waals surface area contributed by atoms with Crippen LogP contribution in [0.25, 0.3) is 0 Å². The normalized spacial score (nSPS) is 16.9. The van der Waals surface area contributed by atoms with Gasteiger partial charge in [-0.3, -0.25) is 4.79 Å². The van der Waals surface area contributed by atoms with Crippen LogP contribution in [0.1, 0.15) is 43.1 Å². The summed E-state index contributed by atoms with van der Waals surface area (Å²) in [6.45, 7) is 7.67. The van der Waals surface area contributed by atoms with Gasteiger partial charge >= 0.3 is 0 Å². The molecular weight excluding hydrogens is 490 g/mol. The minimum absolute atomic E-state index is 0.210. The second kappa shape index (κ2) is 10.8. The van der Waals surface area contributed by atoms with Gasteiger partial charge in [0, 0.05) is 24.8 Å². The topological polar surface area (TPSA) is 114 Å². The Balaban J connectivity index is 1.45. The molecule has 2 N–H and O–H groups in total. The number of aromatic nitrogens is 2. The van der Waals surface area contributed by atoms with E-state index in [1.54, 1.807) is 37.6 Å². The van der Waals surface area contributed by atoms with E-state index in [2.05, 4.69) is 45.7 Å². The average molecular weight is 524 g/mol.